The summed E-state index contributed by atoms with van der Waals surface area (Å²) in [5.41, 5.74) is 8.57. The third-order valence-electron chi connectivity index (χ3n) is 2.41. The summed E-state index contributed by atoms with van der Waals surface area (Å²) in [6.45, 7) is 4.28. The summed E-state index contributed by atoms with van der Waals surface area (Å²) < 4.78 is 1.42. The monoisotopic (exact) mass is 190 g/mol. The zero-order chi connectivity index (χ0) is 10.3. The topological polar surface area (TPSA) is 69.9 Å². The van der Waals surface area contributed by atoms with Gasteiger partial charge in [0.15, 0.2) is 0 Å². The van der Waals surface area contributed by atoms with E-state index in [9.17, 15) is 0 Å². The normalized spacial score (nSPS) is 11.4. The summed E-state index contributed by atoms with van der Waals surface area (Å²) in [7, 11) is 0. The van der Waals surface area contributed by atoms with Gasteiger partial charge in [0.2, 0.25) is 5.95 Å². The van der Waals surface area contributed by atoms with Gasteiger partial charge in [-0.05, 0) is 23.6 Å². The summed E-state index contributed by atoms with van der Waals surface area (Å²) >= 11 is 0. The SMILES string of the molecule is CC(C)c1ccc2nc(N)n(N)c2c1. The van der Waals surface area contributed by atoms with E-state index in [4.69, 9.17) is 11.6 Å². The Balaban J connectivity index is 2.69. The summed E-state index contributed by atoms with van der Waals surface area (Å²) in [4.78, 5) is 4.13. The average Bonchev–Trinajstić information content (AvgIpc) is 2.43. The van der Waals surface area contributed by atoms with Crippen molar-refractivity contribution in [3.63, 3.8) is 0 Å². The minimum Gasteiger partial charge on any atom is -0.368 e. The molecule has 0 aliphatic carbocycles. The number of benzene rings is 1. The Labute approximate surface area is 82.5 Å². The molecular weight excluding hydrogens is 176 g/mol. The fraction of sp³-hybridized carbons (Fsp3) is 0.300. The summed E-state index contributed by atoms with van der Waals surface area (Å²) in [5.74, 6) is 6.57. The van der Waals surface area contributed by atoms with E-state index in [0.717, 1.165) is 11.0 Å². The molecular formula is C10H14N4. The second kappa shape index (κ2) is 2.90. The third kappa shape index (κ3) is 1.19. The van der Waals surface area contributed by atoms with Crippen LogP contribution in [0.15, 0.2) is 18.2 Å². The molecule has 14 heavy (non-hydrogen) atoms. The Hall–Kier alpha value is -1.71. The summed E-state index contributed by atoms with van der Waals surface area (Å²) in [5, 5.41) is 0. The average molecular weight is 190 g/mol. The van der Waals surface area contributed by atoms with E-state index >= 15 is 0 Å². The number of aromatic nitrogens is 2. The number of hydrogen-bond donors (Lipinski definition) is 2. The van der Waals surface area contributed by atoms with Crippen LogP contribution in [0.1, 0.15) is 25.3 Å². The Morgan fingerprint density at radius 2 is 2.07 bits per heavy atom. The highest BCUT2D eigenvalue weighted by Gasteiger charge is 2.07. The number of rotatable bonds is 1. The lowest BCUT2D eigenvalue weighted by Gasteiger charge is -2.04. The van der Waals surface area contributed by atoms with Crippen LogP contribution >= 0.6 is 0 Å². The fourth-order valence-electron chi connectivity index (χ4n) is 1.49. The van der Waals surface area contributed by atoms with Crippen molar-refractivity contribution in [1.82, 2.24) is 9.66 Å². The first-order valence-corrected chi connectivity index (χ1v) is 4.62. The first-order valence-electron chi connectivity index (χ1n) is 4.62. The van der Waals surface area contributed by atoms with Gasteiger partial charge in [-0.2, -0.15) is 0 Å². The Morgan fingerprint density at radius 3 is 2.71 bits per heavy atom. The van der Waals surface area contributed by atoms with E-state index in [-0.39, 0.29) is 0 Å². The van der Waals surface area contributed by atoms with Gasteiger partial charge in [0, 0.05) is 0 Å². The highest BCUT2D eigenvalue weighted by atomic mass is 15.4. The first kappa shape index (κ1) is 8.87. The Morgan fingerprint density at radius 1 is 1.36 bits per heavy atom. The van der Waals surface area contributed by atoms with Crippen molar-refractivity contribution in [2.75, 3.05) is 11.6 Å². The molecule has 0 aliphatic rings. The van der Waals surface area contributed by atoms with E-state index in [1.165, 1.54) is 10.2 Å². The van der Waals surface area contributed by atoms with Gasteiger partial charge in [-0.15, -0.1) is 0 Å². The van der Waals surface area contributed by atoms with E-state index in [2.05, 4.69) is 24.9 Å². The maximum Gasteiger partial charge on any atom is 0.220 e. The number of hydrogen-bond acceptors (Lipinski definition) is 3. The maximum absolute atomic E-state index is 5.74. The zero-order valence-corrected chi connectivity index (χ0v) is 8.36. The van der Waals surface area contributed by atoms with Crippen molar-refractivity contribution in [2.45, 2.75) is 19.8 Å². The van der Waals surface area contributed by atoms with Crippen molar-refractivity contribution >= 4 is 17.0 Å². The molecule has 74 valence electrons. The van der Waals surface area contributed by atoms with E-state index < -0.39 is 0 Å². The molecule has 0 saturated heterocycles. The van der Waals surface area contributed by atoms with Gasteiger partial charge in [0.1, 0.15) is 0 Å². The molecule has 4 N–H and O–H groups in total. The lowest BCUT2D eigenvalue weighted by atomic mass is 10.0. The summed E-state index contributed by atoms with van der Waals surface area (Å²) in [6, 6.07) is 6.03. The molecule has 4 heteroatoms. The minimum atomic E-state index is 0.348. The van der Waals surface area contributed by atoms with Crippen LogP contribution in [0.5, 0.6) is 0 Å². The quantitative estimate of drug-likeness (QED) is 0.669. The number of anilines is 1. The fourth-order valence-corrected chi connectivity index (χ4v) is 1.49. The molecule has 1 aromatic carbocycles. The van der Waals surface area contributed by atoms with Gasteiger partial charge in [0.25, 0.3) is 0 Å². The van der Waals surface area contributed by atoms with Crippen molar-refractivity contribution in [2.24, 2.45) is 0 Å². The molecule has 4 nitrogen and oxygen atoms in total. The lowest BCUT2D eigenvalue weighted by molar-refractivity contribution is 0.867. The second-order valence-electron chi connectivity index (χ2n) is 3.74. The molecule has 1 heterocycles. The molecule has 0 amide bonds. The standard InChI is InChI=1S/C10H14N4/c1-6(2)7-3-4-8-9(5-7)14(12)10(11)13-8/h3-6H,12H2,1-2H3,(H2,11,13). The summed E-state index contributed by atoms with van der Waals surface area (Å²) in [6.07, 6.45) is 0. The molecule has 0 aliphatic heterocycles. The predicted octanol–water partition coefficient (Wildman–Crippen LogP) is 1.46. The van der Waals surface area contributed by atoms with Crippen LogP contribution in [0.4, 0.5) is 5.95 Å². The van der Waals surface area contributed by atoms with Crippen molar-refractivity contribution in [3.8, 4) is 0 Å². The molecule has 0 saturated carbocycles. The molecule has 0 unspecified atom stereocenters. The van der Waals surface area contributed by atoms with Crippen molar-refractivity contribution in [3.05, 3.63) is 23.8 Å². The third-order valence-corrected chi connectivity index (χ3v) is 2.41. The predicted molar refractivity (Wildman–Crippen MR) is 58.4 cm³/mol. The smallest absolute Gasteiger partial charge is 0.220 e. The number of nitrogen functional groups attached to an aromatic ring is 2. The van der Waals surface area contributed by atoms with Gasteiger partial charge in [-0.25, -0.2) is 9.66 Å². The molecule has 0 fully saturated rings. The Kier molecular flexibility index (Phi) is 1.84. The molecule has 2 rings (SSSR count). The number of nitrogens with zero attached hydrogens (tertiary/aromatic N) is 2. The number of nitrogens with two attached hydrogens (primary N) is 2. The molecule has 0 radical (unpaired) electrons. The highest BCUT2D eigenvalue weighted by Crippen LogP contribution is 2.21. The van der Waals surface area contributed by atoms with Crippen LogP contribution in [0.2, 0.25) is 0 Å². The van der Waals surface area contributed by atoms with Crippen molar-refractivity contribution < 1.29 is 0 Å². The lowest BCUT2D eigenvalue weighted by Crippen LogP contribution is -2.11. The van der Waals surface area contributed by atoms with Crippen LogP contribution < -0.4 is 11.6 Å². The van der Waals surface area contributed by atoms with Gasteiger partial charge >= 0.3 is 0 Å². The maximum atomic E-state index is 5.74. The molecule has 2 aromatic rings. The molecule has 0 spiro atoms. The molecule has 1 aromatic heterocycles. The minimum absolute atomic E-state index is 0.348. The van der Waals surface area contributed by atoms with Gasteiger partial charge in [-0.3, -0.25) is 0 Å². The van der Waals surface area contributed by atoms with Crippen LogP contribution in [0, 0.1) is 0 Å². The first-order chi connectivity index (χ1) is 6.59. The van der Waals surface area contributed by atoms with Gasteiger partial charge in [-0.1, -0.05) is 19.9 Å². The van der Waals surface area contributed by atoms with Crippen LogP contribution in [0.25, 0.3) is 11.0 Å². The zero-order valence-electron chi connectivity index (χ0n) is 8.36. The van der Waals surface area contributed by atoms with Crippen molar-refractivity contribution in [1.29, 1.82) is 0 Å². The van der Waals surface area contributed by atoms with E-state index in [0.29, 0.717) is 11.9 Å². The van der Waals surface area contributed by atoms with Crippen LogP contribution in [-0.4, -0.2) is 9.66 Å². The van der Waals surface area contributed by atoms with E-state index in [1.54, 1.807) is 0 Å². The molecule has 0 bridgehead atoms. The largest absolute Gasteiger partial charge is 0.368 e. The Bertz CT molecular complexity index is 470. The van der Waals surface area contributed by atoms with Gasteiger partial charge in [0.05, 0.1) is 11.0 Å². The van der Waals surface area contributed by atoms with Gasteiger partial charge < -0.3 is 11.6 Å². The van der Waals surface area contributed by atoms with Crippen LogP contribution in [-0.2, 0) is 0 Å². The van der Waals surface area contributed by atoms with E-state index in [1.807, 2.05) is 12.1 Å². The second-order valence-corrected chi connectivity index (χ2v) is 3.74. The van der Waals surface area contributed by atoms with Crippen LogP contribution in [0.3, 0.4) is 0 Å². The highest BCUT2D eigenvalue weighted by molar-refractivity contribution is 5.79. The number of imidazole rings is 1. The number of fused-ring (bicyclic) bond motifs is 1. The molecule has 0 atom stereocenters.